The van der Waals surface area contributed by atoms with E-state index in [4.69, 9.17) is 9.47 Å². The molecule has 0 aromatic heterocycles. The van der Waals surface area contributed by atoms with Crippen molar-refractivity contribution in [1.82, 2.24) is 10.2 Å². The Hall–Kier alpha value is -1.46. The van der Waals surface area contributed by atoms with E-state index in [9.17, 15) is 9.59 Å². The summed E-state index contributed by atoms with van der Waals surface area (Å²) in [6.07, 6.45) is -0.865. The number of nitrogens with zero attached hydrogens (tertiary/aromatic N) is 1. The molecule has 0 aromatic carbocycles. The second-order valence-electron chi connectivity index (χ2n) is 5.15. The molecule has 112 valence electrons. The summed E-state index contributed by atoms with van der Waals surface area (Å²) < 4.78 is 9.85. The molecule has 0 aliphatic rings. The largest absolute Gasteiger partial charge is 0.450 e. The SMILES string of the molecule is CCOC(=O)NC(C)(C)CN(C(=O)OCC)C(C)C. The second-order valence-corrected chi connectivity index (χ2v) is 5.15. The number of carbonyl (C=O) groups is 2. The van der Waals surface area contributed by atoms with Crippen LogP contribution in [0.1, 0.15) is 41.5 Å². The summed E-state index contributed by atoms with van der Waals surface area (Å²) in [6.45, 7) is 12.0. The van der Waals surface area contributed by atoms with Gasteiger partial charge in [-0.05, 0) is 41.5 Å². The minimum absolute atomic E-state index is 0.0117. The van der Waals surface area contributed by atoms with Crippen LogP contribution in [-0.4, -0.2) is 48.4 Å². The number of nitrogens with one attached hydrogen (secondary N) is 1. The van der Waals surface area contributed by atoms with Crippen LogP contribution in [-0.2, 0) is 9.47 Å². The van der Waals surface area contributed by atoms with Crippen LogP contribution in [0.3, 0.4) is 0 Å². The first-order valence-corrected chi connectivity index (χ1v) is 6.61. The van der Waals surface area contributed by atoms with Gasteiger partial charge in [0.2, 0.25) is 0 Å². The number of alkyl carbamates (subject to hydrolysis) is 1. The molecule has 0 unspecified atom stereocenters. The molecule has 0 fully saturated rings. The first kappa shape index (κ1) is 17.5. The fourth-order valence-electron chi connectivity index (χ4n) is 1.57. The van der Waals surface area contributed by atoms with E-state index in [-0.39, 0.29) is 12.1 Å². The summed E-state index contributed by atoms with van der Waals surface area (Å²) in [6, 6.07) is -0.0117. The van der Waals surface area contributed by atoms with E-state index in [0.29, 0.717) is 19.8 Å². The van der Waals surface area contributed by atoms with Gasteiger partial charge in [-0.3, -0.25) is 0 Å². The van der Waals surface area contributed by atoms with Crippen molar-refractivity contribution >= 4 is 12.2 Å². The highest BCUT2D eigenvalue weighted by Crippen LogP contribution is 2.11. The highest BCUT2D eigenvalue weighted by Gasteiger charge is 2.29. The van der Waals surface area contributed by atoms with Crippen molar-refractivity contribution in [3.05, 3.63) is 0 Å². The fraction of sp³-hybridized carbons (Fsp3) is 0.846. The Balaban J connectivity index is 4.64. The third-order valence-corrected chi connectivity index (χ3v) is 2.41. The van der Waals surface area contributed by atoms with E-state index >= 15 is 0 Å². The molecule has 0 saturated heterocycles. The minimum atomic E-state index is -0.594. The first-order valence-electron chi connectivity index (χ1n) is 6.61. The predicted octanol–water partition coefficient (Wildman–Crippen LogP) is 2.38. The Morgan fingerprint density at radius 1 is 1.16 bits per heavy atom. The zero-order chi connectivity index (χ0) is 15.1. The first-order chi connectivity index (χ1) is 8.73. The van der Waals surface area contributed by atoms with Gasteiger partial charge in [0, 0.05) is 12.6 Å². The molecule has 0 heterocycles. The predicted molar refractivity (Wildman–Crippen MR) is 73.1 cm³/mol. The molecule has 0 bridgehead atoms. The molecule has 0 atom stereocenters. The van der Waals surface area contributed by atoms with Gasteiger partial charge in [0.25, 0.3) is 0 Å². The summed E-state index contributed by atoms with van der Waals surface area (Å²) >= 11 is 0. The molecule has 6 nitrogen and oxygen atoms in total. The molecule has 0 radical (unpaired) electrons. The van der Waals surface area contributed by atoms with Crippen LogP contribution in [0, 0.1) is 0 Å². The zero-order valence-electron chi connectivity index (χ0n) is 12.8. The molecule has 2 amide bonds. The van der Waals surface area contributed by atoms with Crippen molar-refractivity contribution in [2.75, 3.05) is 19.8 Å². The normalized spacial score (nSPS) is 11.1. The quantitative estimate of drug-likeness (QED) is 0.807. The van der Waals surface area contributed by atoms with Crippen LogP contribution < -0.4 is 5.32 Å². The van der Waals surface area contributed by atoms with Crippen LogP contribution in [0.15, 0.2) is 0 Å². The Morgan fingerprint density at radius 2 is 1.68 bits per heavy atom. The van der Waals surface area contributed by atoms with Gasteiger partial charge >= 0.3 is 12.2 Å². The van der Waals surface area contributed by atoms with Gasteiger partial charge < -0.3 is 19.7 Å². The molecule has 0 aliphatic carbocycles. The monoisotopic (exact) mass is 274 g/mol. The van der Waals surface area contributed by atoms with Crippen molar-refractivity contribution in [2.24, 2.45) is 0 Å². The lowest BCUT2D eigenvalue weighted by molar-refractivity contribution is 0.0807. The molecule has 0 saturated carbocycles. The molecule has 0 spiro atoms. The van der Waals surface area contributed by atoms with Gasteiger partial charge in [0.1, 0.15) is 0 Å². The third-order valence-electron chi connectivity index (χ3n) is 2.41. The van der Waals surface area contributed by atoms with Gasteiger partial charge in [-0.1, -0.05) is 0 Å². The highest BCUT2D eigenvalue weighted by atomic mass is 16.6. The van der Waals surface area contributed by atoms with Crippen LogP contribution in [0.4, 0.5) is 9.59 Å². The lowest BCUT2D eigenvalue weighted by Gasteiger charge is -2.34. The Bertz CT molecular complexity index is 303. The number of amides is 2. The lowest BCUT2D eigenvalue weighted by Crippen LogP contribution is -2.54. The fourth-order valence-corrected chi connectivity index (χ4v) is 1.57. The van der Waals surface area contributed by atoms with Crippen LogP contribution in [0.25, 0.3) is 0 Å². The Morgan fingerprint density at radius 3 is 2.11 bits per heavy atom. The molecule has 0 aliphatic heterocycles. The maximum Gasteiger partial charge on any atom is 0.410 e. The van der Waals surface area contributed by atoms with Crippen molar-refractivity contribution in [1.29, 1.82) is 0 Å². The number of hydrogen-bond acceptors (Lipinski definition) is 4. The minimum Gasteiger partial charge on any atom is -0.450 e. The summed E-state index contributed by atoms with van der Waals surface area (Å²) in [5.74, 6) is 0. The van der Waals surface area contributed by atoms with Gasteiger partial charge in [0.05, 0.1) is 18.8 Å². The topological polar surface area (TPSA) is 67.9 Å². The van der Waals surface area contributed by atoms with Crippen molar-refractivity contribution in [2.45, 2.75) is 53.1 Å². The average Bonchev–Trinajstić information content (AvgIpc) is 2.25. The number of rotatable bonds is 6. The molecule has 6 heteroatoms. The third kappa shape index (κ3) is 6.88. The average molecular weight is 274 g/mol. The molecular weight excluding hydrogens is 248 g/mol. The van der Waals surface area contributed by atoms with Crippen molar-refractivity contribution in [3.8, 4) is 0 Å². The molecule has 0 rings (SSSR count). The van der Waals surface area contributed by atoms with Gasteiger partial charge in [-0.15, -0.1) is 0 Å². The zero-order valence-corrected chi connectivity index (χ0v) is 12.8. The Kier molecular flexibility index (Phi) is 7.26. The van der Waals surface area contributed by atoms with E-state index in [0.717, 1.165) is 0 Å². The maximum absolute atomic E-state index is 11.8. The maximum atomic E-state index is 11.8. The van der Waals surface area contributed by atoms with E-state index in [1.165, 1.54) is 0 Å². The molecule has 1 N–H and O–H groups in total. The summed E-state index contributed by atoms with van der Waals surface area (Å²) in [5, 5.41) is 2.73. The van der Waals surface area contributed by atoms with Crippen molar-refractivity contribution in [3.63, 3.8) is 0 Å². The number of ether oxygens (including phenoxy) is 2. The van der Waals surface area contributed by atoms with Crippen LogP contribution in [0.2, 0.25) is 0 Å². The van der Waals surface area contributed by atoms with Crippen LogP contribution in [0.5, 0.6) is 0 Å². The highest BCUT2D eigenvalue weighted by molar-refractivity contribution is 5.69. The standard InChI is InChI=1S/C13H26N2O4/c1-7-18-11(16)14-13(5,6)9-15(10(3)4)12(17)19-8-2/h10H,7-9H2,1-6H3,(H,14,16). The smallest absolute Gasteiger partial charge is 0.410 e. The summed E-state index contributed by atoms with van der Waals surface area (Å²) in [4.78, 5) is 24.9. The van der Waals surface area contributed by atoms with Crippen LogP contribution >= 0.6 is 0 Å². The van der Waals surface area contributed by atoms with E-state index in [2.05, 4.69) is 5.32 Å². The number of hydrogen-bond donors (Lipinski definition) is 1. The van der Waals surface area contributed by atoms with E-state index < -0.39 is 11.6 Å². The molecular formula is C13H26N2O4. The van der Waals surface area contributed by atoms with E-state index in [1.807, 2.05) is 27.7 Å². The molecule has 19 heavy (non-hydrogen) atoms. The Labute approximate surface area is 115 Å². The molecule has 0 aromatic rings. The second kappa shape index (κ2) is 7.86. The van der Waals surface area contributed by atoms with Gasteiger partial charge in [0.15, 0.2) is 0 Å². The van der Waals surface area contributed by atoms with Crippen molar-refractivity contribution < 1.29 is 19.1 Å². The lowest BCUT2D eigenvalue weighted by atomic mass is 10.0. The summed E-state index contributed by atoms with van der Waals surface area (Å²) in [7, 11) is 0. The van der Waals surface area contributed by atoms with E-state index in [1.54, 1.807) is 18.7 Å². The number of carbonyl (C=O) groups excluding carboxylic acids is 2. The van der Waals surface area contributed by atoms with Gasteiger partial charge in [-0.25, -0.2) is 9.59 Å². The van der Waals surface area contributed by atoms with Gasteiger partial charge in [-0.2, -0.15) is 0 Å². The summed E-state index contributed by atoms with van der Waals surface area (Å²) in [5.41, 5.74) is -0.594.